The van der Waals surface area contributed by atoms with Crippen LogP contribution >= 0.6 is 0 Å². The van der Waals surface area contributed by atoms with Gasteiger partial charge >= 0.3 is 5.97 Å². The molecule has 38 heavy (non-hydrogen) atoms. The van der Waals surface area contributed by atoms with Crippen LogP contribution in [0.3, 0.4) is 0 Å². The Kier molecular flexibility index (Phi) is 8.39. The Balaban J connectivity index is 1.65. The van der Waals surface area contributed by atoms with Crippen molar-refractivity contribution in [3.63, 3.8) is 0 Å². The largest absolute Gasteiger partial charge is 0.494 e. The Hall–Kier alpha value is -4.64. The standard InChI is InChI=1S/C30H30N2O6/c1-4-14-36-21-9-7-8-20(15-21)30(33)37-22-11-12-23-26(17-22)38-29(32)24(18-31)28(23)19-10-13-25(34-5-2)27(16-19)35-6-3/h7-13,15-17,28H,4-6,14,32H2,1-3H3/t28-/m0/s1. The lowest BCUT2D eigenvalue weighted by Gasteiger charge is -2.27. The summed E-state index contributed by atoms with van der Waals surface area (Å²) in [4.78, 5) is 12.8. The summed E-state index contributed by atoms with van der Waals surface area (Å²) < 4.78 is 28.5. The highest BCUT2D eigenvalue weighted by Gasteiger charge is 2.32. The monoisotopic (exact) mass is 514 g/mol. The van der Waals surface area contributed by atoms with Crippen molar-refractivity contribution in [1.29, 1.82) is 5.26 Å². The van der Waals surface area contributed by atoms with Gasteiger partial charge in [-0.15, -0.1) is 0 Å². The molecule has 0 saturated heterocycles. The minimum Gasteiger partial charge on any atom is -0.494 e. The van der Waals surface area contributed by atoms with Gasteiger partial charge in [-0.2, -0.15) is 5.26 Å². The van der Waals surface area contributed by atoms with Crippen molar-refractivity contribution in [3.05, 3.63) is 88.8 Å². The minimum absolute atomic E-state index is 0.0129. The third-order valence-electron chi connectivity index (χ3n) is 5.84. The number of nitrogens with two attached hydrogens (primary N) is 1. The van der Waals surface area contributed by atoms with Crippen LogP contribution in [0, 0.1) is 11.3 Å². The number of carbonyl (C=O) groups excluding carboxylic acids is 1. The predicted molar refractivity (Wildman–Crippen MR) is 142 cm³/mol. The number of hydrogen-bond acceptors (Lipinski definition) is 8. The zero-order chi connectivity index (χ0) is 27.1. The highest BCUT2D eigenvalue weighted by Crippen LogP contribution is 2.45. The Morgan fingerprint density at radius 2 is 1.74 bits per heavy atom. The molecule has 0 amide bonds. The van der Waals surface area contributed by atoms with Gasteiger partial charge in [0.15, 0.2) is 11.5 Å². The van der Waals surface area contributed by atoms with Crippen molar-refractivity contribution in [2.75, 3.05) is 19.8 Å². The number of nitrogens with zero attached hydrogens (tertiary/aromatic N) is 1. The smallest absolute Gasteiger partial charge is 0.343 e. The SMILES string of the molecule is CCCOc1cccc(C(=O)Oc2ccc3c(c2)OC(N)=C(C#N)[C@H]3c2ccc(OCC)c(OCC)c2)c1. The first-order chi connectivity index (χ1) is 18.5. The van der Waals surface area contributed by atoms with E-state index in [9.17, 15) is 10.1 Å². The van der Waals surface area contributed by atoms with Crippen molar-refractivity contribution in [2.45, 2.75) is 33.1 Å². The number of fused-ring (bicyclic) bond motifs is 1. The summed E-state index contributed by atoms with van der Waals surface area (Å²) in [6.07, 6.45) is 0.861. The fraction of sp³-hybridized carbons (Fsp3) is 0.267. The van der Waals surface area contributed by atoms with Crippen molar-refractivity contribution >= 4 is 5.97 Å². The van der Waals surface area contributed by atoms with Crippen LogP contribution in [0.15, 0.2) is 72.1 Å². The molecule has 2 N–H and O–H groups in total. The summed E-state index contributed by atoms with van der Waals surface area (Å²) in [5.74, 6) is 1.41. The normalized spacial score (nSPS) is 14.1. The van der Waals surface area contributed by atoms with Gasteiger partial charge < -0.3 is 29.4 Å². The first-order valence-electron chi connectivity index (χ1n) is 12.5. The number of hydrogen-bond donors (Lipinski definition) is 1. The molecule has 1 heterocycles. The van der Waals surface area contributed by atoms with Crippen molar-refractivity contribution < 1.29 is 28.5 Å². The number of nitriles is 1. The summed E-state index contributed by atoms with van der Waals surface area (Å²) in [6.45, 7) is 7.31. The second-order valence-corrected chi connectivity index (χ2v) is 8.46. The number of allylic oxidation sites excluding steroid dienone is 1. The molecule has 1 aliphatic heterocycles. The second kappa shape index (κ2) is 12.1. The molecule has 0 aromatic heterocycles. The molecule has 4 rings (SSSR count). The van der Waals surface area contributed by atoms with Gasteiger partial charge in [-0.1, -0.05) is 25.1 Å². The molecule has 0 spiro atoms. The lowest BCUT2D eigenvalue weighted by Crippen LogP contribution is -2.21. The average molecular weight is 515 g/mol. The average Bonchev–Trinajstić information content (AvgIpc) is 2.92. The van der Waals surface area contributed by atoms with E-state index in [1.165, 1.54) is 0 Å². The lowest BCUT2D eigenvalue weighted by molar-refractivity contribution is 0.0734. The van der Waals surface area contributed by atoms with Gasteiger partial charge in [0, 0.05) is 11.6 Å². The van der Waals surface area contributed by atoms with Crippen molar-refractivity contribution in [2.24, 2.45) is 5.73 Å². The third kappa shape index (κ3) is 5.68. The first kappa shape index (κ1) is 26.4. The molecule has 8 heteroatoms. The van der Waals surface area contributed by atoms with Crippen LogP contribution in [0.1, 0.15) is 54.6 Å². The Morgan fingerprint density at radius 3 is 2.47 bits per heavy atom. The predicted octanol–water partition coefficient (Wildman–Crippen LogP) is 5.71. The highest BCUT2D eigenvalue weighted by atomic mass is 16.5. The van der Waals surface area contributed by atoms with Gasteiger partial charge in [0.1, 0.15) is 28.9 Å². The summed E-state index contributed by atoms with van der Waals surface area (Å²) >= 11 is 0. The summed E-state index contributed by atoms with van der Waals surface area (Å²) in [5.41, 5.74) is 8.29. The fourth-order valence-electron chi connectivity index (χ4n) is 4.19. The lowest BCUT2D eigenvalue weighted by atomic mass is 9.83. The third-order valence-corrected chi connectivity index (χ3v) is 5.84. The maximum atomic E-state index is 12.8. The van der Waals surface area contributed by atoms with Crippen LogP contribution in [0.25, 0.3) is 0 Å². The van der Waals surface area contributed by atoms with Gasteiger partial charge in [-0.3, -0.25) is 0 Å². The van der Waals surface area contributed by atoms with E-state index in [1.54, 1.807) is 42.5 Å². The second-order valence-electron chi connectivity index (χ2n) is 8.46. The van der Waals surface area contributed by atoms with Gasteiger partial charge in [0.2, 0.25) is 5.88 Å². The quantitative estimate of drug-likeness (QED) is 0.270. The molecular weight excluding hydrogens is 484 g/mol. The molecule has 0 fully saturated rings. The molecule has 0 radical (unpaired) electrons. The Morgan fingerprint density at radius 1 is 0.947 bits per heavy atom. The summed E-state index contributed by atoms with van der Waals surface area (Å²) in [5, 5.41) is 9.90. The van der Waals surface area contributed by atoms with Crippen molar-refractivity contribution in [1.82, 2.24) is 0 Å². The molecule has 0 bridgehead atoms. The van der Waals surface area contributed by atoms with E-state index in [0.29, 0.717) is 53.9 Å². The molecule has 0 aliphatic carbocycles. The topological polar surface area (TPSA) is 113 Å². The van der Waals surface area contributed by atoms with Crippen LogP contribution in [-0.4, -0.2) is 25.8 Å². The number of rotatable bonds is 10. The van der Waals surface area contributed by atoms with E-state index in [1.807, 2.05) is 39.0 Å². The van der Waals surface area contributed by atoms with Crippen LogP contribution in [0.2, 0.25) is 0 Å². The number of esters is 1. The summed E-state index contributed by atoms with van der Waals surface area (Å²) in [6, 6.07) is 19.6. The van der Waals surface area contributed by atoms with E-state index in [4.69, 9.17) is 29.4 Å². The van der Waals surface area contributed by atoms with E-state index in [-0.39, 0.29) is 17.2 Å². The zero-order valence-corrected chi connectivity index (χ0v) is 21.7. The van der Waals surface area contributed by atoms with Gasteiger partial charge in [-0.05, 0) is 62.2 Å². The highest BCUT2D eigenvalue weighted by molar-refractivity contribution is 5.91. The van der Waals surface area contributed by atoms with Crippen LogP contribution in [-0.2, 0) is 0 Å². The molecular formula is C30H30N2O6. The fourth-order valence-corrected chi connectivity index (χ4v) is 4.19. The van der Waals surface area contributed by atoms with E-state index < -0.39 is 11.9 Å². The van der Waals surface area contributed by atoms with E-state index >= 15 is 0 Å². The van der Waals surface area contributed by atoms with Crippen molar-refractivity contribution in [3.8, 4) is 34.8 Å². The molecule has 1 aliphatic rings. The van der Waals surface area contributed by atoms with Crippen LogP contribution < -0.4 is 29.4 Å². The zero-order valence-electron chi connectivity index (χ0n) is 21.7. The molecule has 0 saturated carbocycles. The molecule has 0 unspecified atom stereocenters. The summed E-state index contributed by atoms with van der Waals surface area (Å²) in [7, 11) is 0. The number of carbonyl (C=O) groups is 1. The Labute approximate surface area is 222 Å². The molecule has 3 aromatic rings. The minimum atomic E-state index is -0.534. The van der Waals surface area contributed by atoms with Gasteiger partial charge in [0.05, 0.1) is 31.3 Å². The van der Waals surface area contributed by atoms with Gasteiger partial charge in [0.25, 0.3) is 0 Å². The molecule has 196 valence electrons. The molecule has 1 atom stereocenters. The van der Waals surface area contributed by atoms with E-state index in [0.717, 1.165) is 12.0 Å². The number of benzene rings is 3. The first-order valence-corrected chi connectivity index (χ1v) is 12.5. The van der Waals surface area contributed by atoms with E-state index in [2.05, 4.69) is 6.07 Å². The molecule has 8 nitrogen and oxygen atoms in total. The number of ether oxygens (including phenoxy) is 5. The van der Waals surface area contributed by atoms with Gasteiger partial charge in [-0.25, -0.2) is 4.79 Å². The maximum absolute atomic E-state index is 12.8. The maximum Gasteiger partial charge on any atom is 0.343 e. The van der Waals surface area contributed by atoms with Crippen LogP contribution in [0.5, 0.6) is 28.7 Å². The van der Waals surface area contributed by atoms with Crippen LogP contribution in [0.4, 0.5) is 0 Å². The molecule has 3 aromatic carbocycles. The Bertz CT molecular complexity index is 1390.